The van der Waals surface area contributed by atoms with Crippen molar-refractivity contribution in [1.82, 2.24) is 0 Å². The van der Waals surface area contributed by atoms with Gasteiger partial charge in [-0.05, 0) is 178 Å². The summed E-state index contributed by atoms with van der Waals surface area (Å²) < 4.78 is 26.0. The monoisotopic (exact) mass is 956 g/mol. The number of furan rings is 4. The highest BCUT2D eigenvalue weighted by molar-refractivity contribution is 6.18. The van der Waals surface area contributed by atoms with Crippen molar-refractivity contribution < 1.29 is 17.7 Å². The largest absolute Gasteiger partial charge is 0.456 e. The highest BCUT2D eigenvalue weighted by atomic mass is 16.3. The molecule has 0 spiro atoms. The standard InChI is InChI=1S/C68H48N2O4/c1-39(2)41-13-19-47(20-14-41)69(51-25-27-63-57(35-51)53-9-5-7-11-61(53)71-63)49-23-17-43-31-55-59-37-68-60(38-67(59)73-65(55)33-45(43)29-49)56-32-44-18-24-50(30-46(44)34-66(56)74-68)70(48-21-15-42(16-22-48)40(3)4)52-26-28-64-58(36-52)54-10-6-8-12-62(54)72-64/h5-40H,1-4H3. The van der Waals surface area contributed by atoms with Gasteiger partial charge in [0.15, 0.2) is 0 Å². The molecule has 0 radical (unpaired) electrons. The minimum atomic E-state index is 0.434. The third-order valence-electron chi connectivity index (χ3n) is 15.3. The van der Waals surface area contributed by atoms with E-state index < -0.39 is 0 Å². The molecule has 354 valence electrons. The van der Waals surface area contributed by atoms with E-state index in [1.54, 1.807) is 0 Å². The molecule has 6 nitrogen and oxygen atoms in total. The lowest BCUT2D eigenvalue weighted by atomic mass is 10.0. The number of hydrogen-bond acceptors (Lipinski definition) is 6. The van der Waals surface area contributed by atoms with Gasteiger partial charge in [0.25, 0.3) is 0 Å². The summed E-state index contributed by atoms with van der Waals surface area (Å²) in [5.74, 6) is 0.868. The highest BCUT2D eigenvalue weighted by Gasteiger charge is 2.21. The second-order valence-electron chi connectivity index (χ2n) is 20.5. The van der Waals surface area contributed by atoms with Crippen LogP contribution in [0.4, 0.5) is 34.1 Å². The van der Waals surface area contributed by atoms with Crippen LogP contribution < -0.4 is 9.80 Å². The van der Waals surface area contributed by atoms with E-state index >= 15 is 0 Å². The molecule has 0 aliphatic carbocycles. The van der Waals surface area contributed by atoms with Crippen LogP contribution in [0, 0.1) is 0 Å². The Labute approximate surface area is 425 Å². The van der Waals surface area contributed by atoms with Crippen LogP contribution in [0.15, 0.2) is 224 Å². The fraction of sp³-hybridized carbons (Fsp3) is 0.0882. The maximum atomic E-state index is 6.77. The summed E-state index contributed by atoms with van der Waals surface area (Å²) in [6.07, 6.45) is 0. The summed E-state index contributed by atoms with van der Waals surface area (Å²) in [5.41, 5.74) is 15.8. The normalized spacial score (nSPS) is 12.3. The molecule has 15 rings (SSSR count). The molecule has 15 aromatic rings. The minimum Gasteiger partial charge on any atom is -0.456 e. The second-order valence-corrected chi connectivity index (χ2v) is 20.5. The fourth-order valence-corrected chi connectivity index (χ4v) is 11.4. The van der Waals surface area contributed by atoms with E-state index in [0.717, 1.165) is 143 Å². The van der Waals surface area contributed by atoms with Gasteiger partial charge in [-0.25, -0.2) is 0 Å². The van der Waals surface area contributed by atoms with Crippen molar-refractivity contribution in [3.05, 3.63) is 217 Å². The Balaban J connectivity index is 0.817. The van der Waals surface area contributed by atoms with Gasteiger partial charge in [0.05, 0.1) is 0 Å². The zero-order chi connectivity index (χ0) is 49.3. The van der Waals surface area contributed by atoms with Crippen LogP contribution in [0.1, 0.15) is 50.7 Å². The van der Waals surface area contributed by atoms with Gasteiger partial charge in [-0.3, -0.25) is 0 Å². The van der Waals surface area contributed by atoms with Crippen LogP contribution in [0.25, 0.3) is 109 Å². The Morgan fingerprint density at radius 1 is 0.243 bits per heavy atom. The van der Waals surface area contributed by atoms with E-state index in [4.69, 9.17) is 17.7 Å². The molecule has 0 bridgehead atoms. The van der Waals surface area contributed by atoms with Crippen LogP contribution in [-0.2, 0) is 0 Å². The van der Waals surface area contributed by atoms with Gasteiger partial charge in [0, 0.05) is 77.2 Å². The van der Waals surface area contributed by atoms with E-state index in [1.807, 2.05) is 24.3 Å². The number of anilines is 6. The topological polar surface area (TPSA) is 59.0 Å². The van der Waals surface area contributed by atoms with E-state index in [9.17, 15) is 0 Å². The van der Waals surface area contributed by atoms with Gasteiger partial charge < -0.3 is 27.5 Å². The predicted octanol–water partition coefficient (Wildman–Crippen LogP) is 20.8. The first-order chi connectivity index (χ1) is 36.2. The number of nitrogens with zero attached hydrogens (tertiary/aromatic N) is 2. The molecule has 0 unspecified atom stereocenters. The molecule has 6 heteroatoms. The van der Waals surface area contributed by atoms with Gasteiger partial charge in [-0.1, -0.05) is 100 Å². The summed E-state index contributed by atoms with van der Waals surface area (Å²) in [5, 5.41) is 13.0. The highest BCUT2D eigenvalue weighted by Crippen LogP contribution is 2.45. The van der Waals surface area contributed by atoms with Crippen LogP contribution in [0.2, 0.25) is 0 Å². The number of para-hydroxylation sites is 2. The van der Waals surface area contributed by atoms with E-state index in [-0.39, 0.29) is 0 Å². The number of benzene rings is 11. The van der Waals surface area contributed by atoms with Crippen LogP contribution in [0.3, 0.4) is 0 Å². The first-order valence-electron chi connectivity index (χ1n) is 25.6. The molecule has 0 saturated carbocycles. The average Bonchev–Trinajstić information content (AvgIpc) is 4.20. The molecule has 0 aliphatic heterocycles. The lowest BCUT2D eigenvalue weighted by Gasteiger charge is -2.26. The molecule has 4 aromatic heterocycles. The summed E-state index contributed by atoms with van der Waals surface area (Å²) in [7, 11) is 0. The number of hydrogen-bond donors (Lipinski definition) is 0. The third kappa shape index (κ3) is 6.71. The summed E-state index contributed by atoms with van der Waals surface area (Å²) in [6, 6.07) is 74.0. The quantitative estimate of drug-likeness (QED) is 0.151. The van der Waals surface area contributed by atoms with Gasteiger partial charge in [0.1, 0.15) is 44.7 Å². The lowest BCUT2D eigenvalue weighted by molar-refractivity contribution is 0.664. The third-order valence-corrected chi connectivity index (χ3v) is 15.3. The molecule has 0 N–H and O–H groups in total. The Morgan fingerprint density at radius 3 is 1.00 bits per heavy atom. The zero-order valence-corrected chi connectivity index (χ0v) is 41.3. The molecule has 74 heavy (non-hydrogen) atoms. The van der Waals surface area contributed by atoms with Crippen molar-refractivity contribution >= 4 is 143 Å². The molecule has 0 aliphatic rings. The van der Waals surface area contributed by atoms with E-state index in [2.05, 4.69) is 219 Å². The maximum absolute atomic E-state index is 6.77. The van der Waals surface area contributed by atoms with Crippen LogP contribution in [-0.4, -0.2) is 0 Å². The van der Waals surface area contributed by atoms with Crippen LogP contribution >= 0.6 is 0 Å². The zero-order valence-electron chi connectivity index (χ0n) is 41.3. The predicted molar refractivity (Wildman–Crippen MR) is 308 cm³/mol. The van der Waals surface area contributed by atoms with E-state index in [0.29, 0.717) is 11.8 Å². The van der Waals surface area contributed by atoms with Crippen molar-refractivity contribution in [2.75, 3.05) is 9.80 Å². The maximum Gasteiger partial charge on any atom is 0.136 e. The smallest absolute Gasteiger partial charge is 0.136 e. The van der Waals surface area contributed by atoms with Crippen molar-refractivity contribution in [3.8, 4) is 0 Å². The number of fused-ring (bicyclic) bond motifs is 14. The summed E-state index contributed by atoms with van der Waals surface area (Å²) in [4.78, 5) is 4.67. The SMILES string of the molecule is CC(C)c1ccc(N(c2ccc3cc4c(cc3c2)oc2cc3c(cc24)oc2cc4cc(N(c5ccc(C(C)C)cc5)c5ccc6oc7ccccc7c6c5)ccc4cc23)c2ccc3oc4ccccc4c3c2)cc1. The fourth-order valence-electron chi connectivity index (χ4n) is 11.4. The van der Waals surface area contributed by atoms with Gasteiger partial charge in [-0.2, -0.15) is 0 Å². The minimum absolute atomic E-state index is 0.434. The summed E-state index contributed by atoms with van der Waals surface area (Å²) >= 11 is 0. The van der Waals surface area contributed by atoms with Crippen LogP contribution in [0.5, 0.6) is 0 Å². The molecule has 11 aromatic carbocycles. The van der Waals surface area contributed by atoms with E-state index in [1.165, 1.54) is 11.1 Å². The lowest BCUT2D eigenvalue weighted by Crippen LogP contribution is -2.10. The first kappa shape index (κ1) is 42.4. The molecular weight excluding hydrogens is 909 g/mol. The Morgan fingerprint density at radius 2 is 0.568 bits per heavy atom. The molecule has 0 amide bonds. The van der Waals surface area contributed by atoms with Crippen molar-refractivity contribution in [3.63, 3.8) is 0 Å². The number of rotatable bonds is 8. The molecule has 0 fully saturated rings. The Kier molecular flexibility index (Phi) is 9.24. The first-order valence-corrected chi connectivity index (χ1v) is 25.6. The van der Waals surface area contributed by atoms with Gasteiger partial charge in [0.2, 0.25) is 0 Å². The molecular formula is C68H48N2O4. The molecule has 0 atom stereocenters. The second kappa shape index (κ2) is 16.1. The molecule has 4 heterocycles. The van der Waals surface area contributed by atoms with Gasteiger partial charge in [-0.15, -0.1) is 0 Å². The van der Waals surface area contributed by atoms with Gasteiger partial charge >= 0.3 is 0 Å². The van der Waals surface area contributed by atoms with Crippen molar-refractivity contribution in [2.45, 2.75) is 39.5 Å². The Hall–Kier alpha value is -9.26. The Bertz CT molecular complexity index is 4440. The average molecular weight is 957 g/mol. The van der Waals surface area contributed by atoms with Crippen molar-refractivity contribution in [1.29, 1.82) is 0 Å². The summed E-state index contributed by atoms with van der Waals surface area (Å²) in [6.45, 7) is 8.93. The molecule has 0 saturated heterocycles. The van der Waals surface area contributed by atoms with Crippen molar-refractivity contribution in [2.24, 2.45) is 0 Å².